The first-order valence-corrected chi connectivity index (χ1v) is 10.7. The highest BCUT2D eigenvalue weighted by Gasteiger charge is 2.23. The van der Waals surface area contributed by atoms with E-state index in [4.69, 9.17) is 0 Å². The summed E-state index contributed by atoms with van der Waals surface area (Å²) in [6.45, 7) is 2.57. The lowest BCUT2D eigenvalue weighted by atomic mass is 10.3. The number of amides is 1. The SMILES string of the molecule is CCN(C(=O)CSc1nnc(NC2CC2)s1)c1nc2ccccc2s1. The molecule has 1 aromatic carbocycles. The maximum absolute atomic E-state index is 12.6. The monoisotopic (exact) mass is 391 g/mol. The molecule has 2 heterocycles. The number of hydrogen-bond donors (Lipinski definition) is 1. The van der Waals surface area contributed by atoms with Gasteiger partial charge in [0.15, 0.2) is 9.47 Å². The van der Waals surface area contributed by atoms with Gasteiger partial charge in [0.2, 0.25) is 11.0 Å². The fraction of sp³-hybridized carbons (Fsp3) is 0.375. The average Bonchev–Trinajstić information content (AvgIpc) is 3.15. The molecule has 0 saturated heterocycles. The fourth-order valence-electron chi connectivity index (χ4n) is 2.32. The summed E-state index contributed by atoms with van der Waals surface area (Å²) in [6.07, 6.45) is 2.41. The molecule has 1 N–H and O–H groups in total. The van der Waals surface area contributed by atoms with E-state index in [2.05, 4.69) is 20.5 Å². The zero-order valence-corrected chi connectivity index (χ0v) is 16.1. The second-order valence-corrected chi connectivity index (χ2v) is 8.89. The van der Waals surface area contributed by atoms with Gasteiger partial charge in [-0.2, -0.15) is 0 Å². The van der Waals surface area contributed by atoms with Crippen LogP contribution in [0.4, 0.5) is 10.3 Å². The van der Waals surface area contributed by atoms with E-state index in [1.807, 2.05) is 31.2 Å². The minimum absolute atomic E-state index is 0.0402. The summed E-state index contributed by atoms with van der Waals surface area (Å²) in [4.78, 5) is 19.0. The van der Waals surface area contributed by atoms with Gasteiger partial charge < -0.3 is 5.32 Å². The predicted molar refractivity (Wildman–Crippen MR) is 105 cm³/mol. The molecule has 4 rings (SSSR count). The van der Waals surface area contributed by atoms with Crippen LogP contribution in [0.2, 0.25) is 0 Å². The molecule has 0 radical (unpaired) electrons. The number of thiazole rings is 1. The molecule has 0 aliphatic heterocycles. The minimum Gasteiger partial charge on any atom is -0.357 e. The Kier molecular flexibility index (Phi) is 4.87. The summed E-state index contributed by atoms with van der Waals surface area (Å²) in [5, 5.41) is 13.2. The van der Waals surface area contributed by atoms with Crippen molar-refractivity contribution in [2.24, 2.45) is 0 Å². The molecular formula is C16H17N5OS3. The number of para-hydroxylation sites is 1. The largest absolute Gasteiger partial charge is 0.357 e. The van der Waals surface area contributed by atoms with Crippen LogP contribution in [0.15, 0.2) is 28.6 Å². The van der Waals surface area contributed by atoms with Crippen molar-refractivity contribution >= 4 is 60.8 Å². The van der Waals surface area contributed by atoms with Crippen LogP contribution in [0.3, 0.4) is 0 Å². The van der Waals surface area contributed by atoms with Crippen molar-refractivity contribution in [2.45, 2.75) is 30.1 Å². The second kappa shape index (κ2) is 7.27. The Labute approximate surface area is 157 Å². The van der Waals surface area contributed by atoms with Crippen LogP contribution in [-0.2, 0) is 4.79 Å². The van der Waals surface area contributed by atoms with Gasteiger partial charge in [0.1, 0.15) is 0 Å². The van der Waals surface area contributed by atoms with Gasteiger partial charge in [-0.1, -0.05) is 46.6 Å². The average molecular weight is 392 g/mol. The van der Waals surface area contributed by atoms with Gasteiger partial charge in [-0.15, -0.1) is 10.2 Å². The van der Waals surface area contributed by atoms with Crippen LogP contribution in [0.25, 0.3) is 10.2 Å². The van der Waals surface area contributed by atoms with E-state index in [1.54, 1.807) is 16.2 Å². The quantitative estimate of drug-likeness (QED) is 0.617. The smallest absolute Gasteiger partial charge is 0.239 e. The summed E-state index contributed by atoms with van der Waals surface area (Å²) < 4.78 is 1.91. The number of carbonyl (C=O) groups excluding carboxylic acids is 1. The van der Waals surface area contributed by atoms with E-state index >= 15 is 0 Å². The van der Waals surface area contributed by atoms with Crippen LogP contribution in [0, 0.1) is 0 Å². The van der Waals surface area contributed by atoms with Gasteiger partial charge in [0.05, 0.1) is 16.0 Å². The molecule has 1 aliphatic carbocycles. The number of nitrogens with one attached hydrogen (secondary N) is 1. The summed E-state index contributed by atoms with van der Waals surface area (Å²) in [7, 11) is 0. The number of thioether (sulfide) groups is 1. The first-order chi connectivity index (χ1) is 12.2. The maximum Gasteiger partial charge on any atom is 0.239 e. The number of fused-ring (bicyclic) bond motifs is 1. The van der Waals surface area contributed by atoms with Crippen LogP contribution >= 0.6 is 34.4 Å². The van der Waals surface area contributed by atoms with Gasteiger partial charge in [-0.25, -0.2) is 4.98 Å². The fourth-order valence-corrected chi connectivity index (χ4v) is 5.08. The highest BCUT2D eigenvalue weighted by molar-refractivity contribution is 8.01. The zero-order valence-electron chi connectivity index (χ0n) is 13.6. The Morgan fingerprint density at radius 2 is 2.16 bits per heavy atom. The lowest BCUT2D eigenvalue weighted by molar-refractivity contribution is -0.116. The lowest BCUT2D eigenvalue weighted by Gasteiger charge is -2.16. The number of anilines is 2. The maximum atomic E-state index is 12.6. The van der Waals surface area contributed by atoms with E-state index < -0.39 is 0 Å². The van der Waals surface area contributed by atoms with Gasteiger partial charge in [-0.05, 0) is 31.9 Å². The molecule has 130 valence electrons. The predicted octanol–water partition coefficient (Wildman–Crippen LogP) is 3.87. The molecule has 25 heavy (non-hydrogen) atoms. The summed E-state index contributed by atoms with van der Waals surface area (Å²) in [5.74, 6) is 0.375. The molecule has 0 unspecified atom stereocenters. The van der Waals surface area contributed by atoms with Crippen molar-refractivity contribution < 1.29 is 4.79 Å². The van der Waals surface area contributed by atoms with Crippen molar-refractivity contribution in [2.75, 3.05) is 22.5 Å². The summed E-state index contributed by atoms with van der Waals surface area (Å²) in [5.41, 5.74) is 0.932. The normalized spacial score (nSPS) is 14.0. The number of carbonyl (C=O) groups is 1. The lowest BCUT2D eigenvalue weighted by Crippen LogP contribution is -2.31. The topological polar surface area (TPSA) is 71.0 Å². The van der Waals surface area contributed by atoms with Gasteiger partial charge in [0.25, 0.3) is 0 Å². The summed E-state index contributed by atoms with van der Waals surface area (Å²) in [6, 6.07) is 8.50. The Bertz CT molecular complexity index is 856. The van der Waals surface area contributed by atoms with E-state index in [9.17, 15) is 4.79 Å². The molecule has 3 aromatic rings. The minimum atomic E-state index is 0.0402. The zero-order chi connectivity index (χ0) is 17.2. The molecule has 1 amide bonds. The number of rotatable bonds is 7. The number of benzene rings is 1. The third kappa shape index (κ3) is 3.94. The highest BCUT2D eigenvalue weighted by Crippen LogP contribution is 2.32. The van der Waals surface area contributed by atoms with Gasteiger partial charge in [-0.3, -0.25) is 9.69 Å². The molecule has 0 spiro atoms. The number of aromatic nitrogens is 3. The van der Waals surface area contributed by atoms with Crippen molar-refractivity contribution in [3.63, 3.8) is 0 Å². The molecule has 2 aromatic heterocycles. The molecule has 9 heteroatoms. The molecular weight excluding hydrogens is 374 g/mol. The molecule has 0 bridgehead atoms. The third-order valence-electron chi connectivity index (χ3n) is 3.76. The molecule has 1 fully saturated rings. The van der Waals surface area contributed by atoms with Crippen molar-refractivity contribution in [3.05, 3.63) is 24.3 Å². The second-order valence-electron chi connectivity index (χ2n) is 5.68. The third-order valence-corrected chi connectivity index (χ3v) is 6.79. The first kappa shape index (κ1) is 16.7. The van der Waals surface area contributed by atoms with Crippen LogP contribution < -0.4 is 10.2 Å². The Hall–Kier alpha value is -1.71. The van der Waals surface area contributed by atoms with Gasteiger partial charge in [0, 0.05) is 12.6 Å². The Morgan fingerprint density at radius 1 is 1.32 bits per heavy atom. The van der Waals surface area contributed by atoms with E-state index in [0.29, 0.717) is 18.3 Å². The number of hydrogen-bond acceptors (Lipinski definition) is 8. The van der Waals surface area contributed by atoms with E-state index in [1.165, 1.54) is 35.9 Å². The molecule has 0 atom stereocenters. The Morgan fingerprint density at radius 3 is 2.92 bits per heavy atom. The molecule has 1 saturated carbocycles. The van der Waals surface area contributed by atoms with E-state index in [-0.39, 0.29) is 5.91 Å². The van der Waals surface area contributed by atoms with Crippen LogP contribution in [0.1, 0.15) is 19.8 Å². The van der Waals surface area contributed by atoms with Gasteiger partial charge >= 0.3 is 0 Å². The van der Waals surface area contributed by atoms with E-state index in [0.717, 1.165) is 24.8 Å². The van der Waals surface area contributed by atoms with Crippen molar-refractivity contribution in [1.29, 1.82) is 0 Å². The molecule has 1 aliphatic rings. The summed E-state index contributed by atoms with van der Waals surface area (Å²) >= 11 is 4.49. The van der Waals surface area contributed by atoms with Crippen molar-refractivity contribution in [3.8, 4) is 0 Å². The molecule has 6 nitrogen and oxygen atoms in total. The van der Waals surface area contributed by atoms with Crippen LogP contribution in [0.5, 0.6) is 0 Å². The number of nitrogens with zero attached hydrogens (tertiary/aromatic N) is 4. The standard InChI is InChI=1S/C16H17N5OS3/c1-2-21(15-18-11-5-3-4-6-12(11)24-15)13(22)9-23-16-20-19-14(25-16)17-10-7-8-10/h3-6,10H,2,7-9H2,1H3,(H,17,19). The first-order valence-electron chi connectivity index (χ1n) is 8.11. The Balaban J connectivity index is 1.40. The van der Waals surface area contributed by atoms with Crippen LogP contribution in [-0.4, -0.2) is 39.4 Å². The highest BCUT2D eigenvalue weighted by atomic mass is 32.2. The van der Waals surface area contributed by atoms with Crippen molar-refractivity contribution in [1.82, 2.24) is 15.2 Å².